The topological polar surface area (TPSA) is 79.9 Å². The van der Waals surface area contributed by atoms with Crippen LogP contribution >= 0.6 is 0 Å². The molecule has 34 heavy (non-hydrogen) atoms. The molecule has 7 nitrogen and oxygen atoms in total. The molecule has 2 amide bonds. The maximum Gasteiger partial charge on any atom is 0.252 e. The van der Waals surface area contributed by atoms with Gasteiger partial charge in [0.2, 0.25) is 5.91 Å². The van der Waals surface area contributed by atoms with Crippen LogP contribution in [-0.2, 0) is 4.79 Å². The van der Waals surface area contributed by atoms with Crippen LogP contribution in [0.3, 0.4) is 0 Å². The molecule has 1 saturated heterocycles. The van der Waals surface area contributed by atoms with E-state index in [1.54, 1.807) is 25.3 Å². The maximum absolute atomic E-state index is 13.0. The number of carbonyl (C=O) groups is 2. The maximum atomic E-state index is 13.0. The number of methoxy groups -OCH3 is 1. The van der Waals surface area contributed by atoms with Crippen LogP contribution in [0.1, 0.15) is 62.7 Å². The lowest BCUT2D eigenvalue weighted by molar-refractivity contribution is -0.118. The first-order valence-corrected chi connectivity index (χ1v) is 12.3. The first-order chi connectivity index (χ1) is 16.5. The Morgan fingerprint density at radius 3 is 2.53 bits per heavy atom. The average Bonchev–Trinajstić information content (AvgIpc) is 3.39. The molecular weight excluding hydrogens is 430 g/mol. The van der Waals surface area contributed by atoms with Crippen LogP contribution in [-0.4, -0.2) is 44.7 Å². The number of anilines is 2. The Morgan fingerprint density at radius 2 is 1.82 bits per heavy atom. The second-order valence-corrected chi connectivity index (χ2v) is 8.62. The van der Waals surface area contributed by atoms with Crippen LogP contribution in [0.2, 0.25) is 0 Å². The zero-order valence-electron chi connectivity index (χ0n) is 20.6. The van der Waals surface area contributed by atoms with Gasteiger partial charge in [-0.3, -0.25) is 9.59 Å². The number of amides is 2. The summed E-state index contributed by atoms with van der Waals surface area (Å²) in [5, 5.41) is 5.87. The second kappa shape index (κ2) is 12.9. The molecule has 0 radical (unpaired) electrons. The van der Waals surface area contributed by atoms with Crippen LogP contribution in [0.25, 0.3) is 0 Å². The Kier molecular flexibility index (Phi) is 9.62. The van der Waals surface area contributed by atoms with Gasteiger partial charge in [0.15, 0.2) is 11.5 Å². The largest absolute Gasteiger partial charge is 0.493 e. The molecule has 0 spiro atoms. The Morgan fingerprint density at radius 1 is 1.03 bits per heavy atom. The lowest BCUT2D eigenvalue weighted by Crippen LogP contribution is -2.43. The van der Waals surface area contributed by atoms with Gasteiger partial charge < -0.3 is 25.0 Å². The molecule has 2 aromatic rings. The van der Waals surface area contributed by atoms with Gasteiger partial charge in [-0.2, -0.15) is 0 Å². The lowest BCUT2D eigenvalue weighted by Gasteiger charge is -2.21. The van der Waals surface area contributed by atoms with E-state index in [9.17, 15) is 9.59 Å². The number of carbonyl (C=O) groups excluding carboxylic acids is 2. The van der Waals surface area contributed by atoms with Crippen molar-refractivity contribution in [3.8, 4) is 11.5 Å². The standard InChI is InChI=1S/C27H37N3O4/c1-4-6-17-34-24-14-13-20(18-25(24)33-3)26(31)29-23(10-5-2)27(32)28-21-11-9-12-22(19-21)30-15-7-8-16-30/h9,11-14,18-19,23H,4-8,10,15-17H2,1-3H3,(H,28,32)(H,29,31). The molecular formula is C27H37N3O4. The number of benzene rings is 2. The minimum atomic E-state index is -0.639. The quantitative estimate of drug-likeness (QED) is 0.429. The smallest absolute Gasteiger partial charge is 0.252 e. The SMILES string of the molecule is CCCCOc1ccc(C(=O)NC(CCC)C(=O)Nc2cccc(N3CCCC3)c2)cc1OC. The zero-order chi connectivity index (χ0) is 24.3. The molecule has 3 rings (SSSR count). The number of nitrogens with zero attached hydrogens (tertiary/aromatic N) is 1. The fraction of sp³-hybridized carbons (Fsp3) is 0.481. The summed E-state index contributed by atoms with van der Waals surface area (Å²) in [6.45, 7) is 6.76. The van der Waals surface area contributed by atoms with Crippen LogP contribution in [0.5, 0.6) is 11.5 Å². The second-order valence-electron chi connectivity index (χ2n) is 8.62. The van der Waals surface area contributed by atoms with E-state index in [0.717, 1.165) is 43.7 Å². The van der Waals surface area contributed by atoms with E-state index in [1.165, 1.54) is 12.8 Å². The highest BCUT2D eigenvalue weighted by molar-refractivity contribution is 6.01. The van der Waals surface area contributed by atoms with Crippen molar-refractivity contribution in [3.63, 3.8) is 0 Å². The average molecular weight is 468 g/mol. The highest BCUT2D eigenvalue weighted by Crippen LogP contribution is 2.28. The molecule has 1 aliphatic heterocycles. The van der Waals surface area contributed by atoms with Gasteiger partial charge in [0, 0.05) is 30.0 Å². The third-order valence-corrected chi connectivity index (χ3v) is 5.97. The van der Waals surface area contributed by atoms with Gasteiger partial charge in [0.25, 0.3) is 5.91 Å². The number of ether oxygens (including phenoxy) is 2. The fourth-order valence-electron chi connectivity index (χ4n) is 4.04. The van der Waals surface area contributed by atoms with Gasteiger partial charge in [0.05, 0.1) is 13.7 Å². The van der Waals surface area contributed by atoms with Crippen molar-refractivity contribution in [2.45, 2.75) is 58.4 Å². The first-order valence-electron chi connectivity index (χ1n) is 12.3. The molecule has 0 saturated carbocycles. The van der Waals surface area contributed by atoms with E-state index >= 15 is 0 Å². The van der Waals surface area contributed by atoms with Crippen LogP contribution in [0.15, 0.2) is 42.5 Å². The Bertz CT molecular complexity index is 957. The molecule has 184 valence electrons. The van der Waals surface area contributed by atoms with E-state index in [-0.39, 0.29) is 11.8 Å². The highest BCUT2D eigenvalue weighted by Gasteiger charge is 2.22. The summed E-state index contributed by atoms with van der Waals surface area (Å²) in [7, 11) is 1.55. The molecule has 2 aromatic carbocycles. The summed E-state index contributed by atoms with van der Waals surface area (Å²) in [5.74, 6) is 0.560. The van der Waals surface area contributed by atoms with Crippen molar-refractivity contribution in [2.24, 2.45) is 0 Å². The van der Waals surface area contributed by atoms with Crippen molar-refractivity contribution < 1.29 is 19.1 Å². The Labute approximate surface area is 202 Å². The third kappa shape index (κ3) is 6.89. The van der Waals surface area contributed by atoms with Crippen LogP contribution in [0.4, 0.5) is 11.4 Å². The van der Waals surface area contributed by atoms with Crippen molar-refractivity contribution >= 4 is 23.2 Å². The summed E-state index contributed by atoms with van der Waals surface area (Å²) in [5.41, 5.74) is 2.27. The minimum absolute atomic E-state index is 0.222. The molecule has 0 aromatic heterocycles. The normalized spacial score (nSPS) is 13.9. The molecule has 1 atom stereocenters. The van der Waals surface area contributed by atoms with Gasteiger partial charge in [-0.05, 0) is 62.1 Å². The van der Waals surface area contributed by atoms with Gasteiger partial charge in [-0.15, -0.1) is 0 Å². The first kappa shape index (κ1) is 25.4. The predicted octanol–water partition coefficient (Wildman–Crippen LogP) is 5.01. The molecule has 2 N–H and O–H groups in total. The van der Waals surface area contributed by atoms with E-state index in [0.29, 0.717) is 30.1 Å². The monoisotopic (exact) mass is 467 g/mol. The fourth-order valence-corrected chi connectivity index (χ4v) is 4.04. The van der Waals surface area contributed by atoms with E-state index in [2.05, 4.69) is 28.5 Å². The van der Waals surface area contributed by atoms with Crippen molar-refractivity contribution in [1.82, 2.24) is 5.32 Å². The third-order valence-electron chi connectivity index (χ3n) is 5.97. The lowest BCUT2D eigenvalue weighted by atomic mass is 10.1. The number of rotatable bonds is 12. The van der Waals surface area contributed by atoms with Gasteiger partial charge >= 0.3 is 0 Å². The number of unbranched alkanes of at least 4 members (excludes halogenated alkanes) is 1. The zero-order valence-corrected chi connectivity index (χ0v) is 20.6. The molecule has 0 aliphatic carbocycles. The number of hydrogen-bond acceptors (Lipinski definition) is 5. The van der Waals surface area contributed by atoms with Crippen molar-refractivity contribution in [1.29, 1.82) is 0 Å². The molecule has 1 fully saturated rings. The van der Waals surface area contributed by atoms with Crippen molar-refractivity contribution in [2.75, 3.05) is 37.0 Å². The minimum Gasteiger partial charge on any atom is -0.493 e. The predicted molar refractivity (Wildman–Crippen MR) is 136 cm³/mol. The Hall–Kier alpha value is -3.22. The molecule has 1 aliphatic rings. The molecule has 1 unspecified atom stereocenters. The van der Waals surface area contributed by atoms with Crippen molar-refractivity contribution in [3.05, 3.63) is 48.0 Å². The Balaban J connectivity index is 1.66. The van der Waals surface area contributed by atoms with E-state index in [1.807, 2.05) is 25.1 Å². The van der Waals surface area contributed by atoms with Gasteiger partial charge in [0.1, 0.15) is 6.04 Å². The van der Waals surface area contributed by atoms with Crippen LogP contribution in [0, 0.1) is 0 Å². The van der Waals surface area contributed by atoms with E-state index < -0.39 is 6.04 Å². The van der Waals surface area contributed by atoms with Gasteiger partial charge in [-0.25, -0.2) is 0 Å². The van der Waals surface area contributed by atoms with E-state index in [4.69, 9.17) is 9.47 Å². The molecule has 7 heteroatoms. The van der Waals surface area contributed by atoms with Crippen LogP contribution < -0.4 is 25.0 Å². The van der Waals surface area contributed by atoms with Gasteiger partial charge in [-0.1, -0.05) is 32.8 Å². The summed E-state index contributed by atoms with van der Waals surface area (Å²) in [4.78, 5) is 28.3. The number of nitrogens with one attached hydrogen (secondary N) is 2. The summed E-state index contributed by atoms with van der Waals surface area (Å²) >= 11 is 0. The summed E-state index contributed by atoms with van der Waals surface area (Å²) in [6, 6.07) is 12.3. The summed E-state index contributed by atoms with van der Waals surface area (Å²) in [6.07, 6.45) is 5.67. The molecule has 1 heterocycles. The highest BCUT2D eigenvalue weighted by atomic mass is 16.5. The molecule has 0 bridgehead atoms. The summed E-state index contributed by atoms with van der Waals surface area (Å²) < 4.78 is 11.2. The number of hydrogen-bond donors (Lipinski definition) is 2.